The fourth-order valence-corrected chi connectivity index (χ4v) is 2.93. The second-order valence-corrected chi connectivity index (χ2v) is 7.41. The molecular weight excluding hydrogens is 316 g/mol. The molecule has 2 aromatic heterocycles. The van der Waals surface area contributed by atoms with Crippen LogP contribution in [0.5, 0.6) is 0 Å². The summed E-state index contributed by atoms with van der Waals surface area (Å²) in [6, 6.07) is 7.86. The van der Waals surface area contributed by atoms with E-state index in [0.717, 1.165) is 22.2 Å². The van der Waals surface area contributed by atoms with Crippen LogP contribution in [0.1, 0.15) is 38.2 Å². The maximum absolute atomic E-state index is 12.6. The summed E-state index contributed by atoms with van der Waals surface area (Å²) >= 11 is 0. The molecule has 0 aliphatic rings. The molecule has 0 amide bonds. The highest BCUT2D eigenvalue weighted by molar-refractivity contribution is 6.07. The number of aryl methyl sites for hydroxylation is 1. The van der Waals surface area contributed by atoms with Crippen LogP contribution in [0.4, 0.5) is 0 Å². The van der Waals surface area contributed by atoms with Gasteiger partial charge in [-0.1, -0.05) is 19.9 Å². The maximum Gasteiger partial charge on any atom is 0.186 e. The Bertz CT molecular complexity index is 929. The topological polar surface area (TPSA) is 72.9 Å². The van der Waals surface area contributed by atoms with E-state index in [2.05, 4.69) is 10.2 Å². The molecule has 3 rings (SSSR count). The Kier molecular flexibility index (Phi) is 4.24. The van der Waals surface area contributed by atoms with Crippen LogP contribution < -0.4 is 0 Å². The van der Waals surface area contributed by atoms with E-state index in [9.17, 15) is 9.90 Å². The van der Waals surface area contributed by atoms with Gasteiger partial charge in [0.1, 0.15) is 5.69 Å². The van der Waals surface area contributed by atoms with Crippen molar-refractivity contribution in [3.05, 3.63) is 36.2 Å². The van der Waals surface area contributed by atoms with Crippen LogP contribution in [0.3, 0.4) is 0 Å². The van der Waals surface area contributed by atoms with Crippen LogP contribution in [-0.2, 0) is 13.6 Å². The third kappa shape index (κ3) is 3.35. The average Bonchev–Trinajstić information content (AvgIpc) is 3.09. The van der Waals surface area contributed by atoms with Gasteiger partial charge in [0.25, 0.3) is 0 Å². The third-order valence-electron chi connectivity index (χ3n) is 4.16. The zero-order valence-electron chi connectivity index (χ0n) is 15.3. The number of carbonyl (C=O) groups is 1. The largest absolute Gasteiger partial charge is 0.389 e. The molecule has 0 unspecified atom stereocenters. The van der Waals surface area contributed by atoms with E-state index in [1.165, 1.54) is 0 Å². The number of fused-ring (bicyclic) bond motifs is 1. The molecule has 0 aliphatic carbocycles. The molecule has 3 aromatic rings. The Morgan fingerprint density at radius 2 is 2.00 bits per heavy atom. The molecular formula is C19H24N4O2. The zero-order valence-corrected chi connectivity index (χ0v) is 15.3. The number of hydrogen-bond donors (Lipinski definition) is 1. The van der Waals surface area contributed by atoms with E-state index in [1.54, 1.807) is 29.4 Å². The van der Waals surface area contributed by atoms with Crippen LogP contribution in [0.25, 0.3) is 22.2 Å². The van der Waals surface area contributed by atoms with E-state index in [-0.39, 0.29) is 11.7 Å². The number of carbonyl (C=O) groups excluding carboxylic acids is 1. The monoisotopic (exact) mass is 340 g/mol. The zero-order chi connectivity index (χ0) is 18.4. The van der Waals surface area contributed by atoms with Crippen molar-refractivity contribution in [2.75, 3.05) is 0 Å². The number of benzene rings is 1. The molecule has 0 saturated carbocycles. The molecule has 0 aliphatic heterocycles. The summed E-state index contributed by atoms with van der Waals surface area (Å²) in [5.41, 5.74) is 2.35. The minimum atomic E-state index is -0.931. The number of Topliss-reactive ketones (excluding diaryl/α,β-unsaturated/α-hetero) is 1. The van der Waals surface area contributed by atoms with Crippen LogP contribution in [0, 0.1) is 5.92 Å². The van der Waals surface area contributed by atoms with Crippen molar-refractivity contribution in [2.24, 2.45) is 13.0 Å². The lowest BCUT2D eigenvalue weighted by molar-refractivity contribution is 0.0587. The molecule has 1 aromatic carbocycles. The highest BCUT2D eigenvalue weighted by atomic mass is 16.3. The van der Waals surface area contributed by atoms with Gasteiger partial charge >= 0.3 is 0 Å². The van der Waals surface area contributed by atoms with Crippen LogP contribution in [0.2, 0.25) is 0 Å². The first-order valence-electron chi connectivity index (χ1n) is 8.43. The number of nitrogens with zero attached hydrogens (tertiary/aromatic N) is 4. The van der Waals surface area contributed by atoms with E-state index in [0.29, 0.717) is 12.2 Å². The van der Waals surface area contributed by atoms with Crippen LogP contribution >= 0.6 is 0 Å². The maximum atomic E-state index is 12.6. The Hall–Kier alpha value is -2.47. The van der Waals surface area contributed by atoms with Gasteiger partial charge in [-0.3, -0.25) is 14.2 Å². The fraction of sp³-hybridized carbons (Fsp3) is 0.421. The van der Waals surface area contributed by atoms with Crippen molar-refractivity contribution in [3.63, 3.8) is 0 Å². The molecule has 0 atom stereocenters. The highest BCUT2D eigenvalue weighted by Gasteiger charge is 2.23. The average molecular weight is 340 g/mol. The van der Waals surface area contributed by atoms with Gasteiger partial charge in [0.05, 0.1) is 23.4 Å². The highest BCUT2D eigenvalue weighted by Crippen LogP contribution is 2.28. The first-order chi connectivity index (χ1) is 11.7. The third-order valence-corrected chi connectivity index (χ3v) is 4.16. The van der Waals surface area contributed by atoms with E-state index < -0.39 is 5.60 Å². The SMILES string of the molecule is CC(C)C(=O)c1nn(CC(C)(C)O)c2cc(-c3ccnn3C)ccc12. The minimum absolute atomic E-state index is 0.00720. The summed E-state index contributed by atoms with van der Waals surface area (Å²) in [5, 5.41) is 19.8. The molecule has 132 valence electrons. The molecule has 0 fully saturated rings. The number of hydrogen-bond acceptors (Lipinski definition) is 4. The molecule has 6 nitrogen and oxygen atoms in total. The fourth-order valence-electron chi connectivity index (χ4n) is 2.93. The van der Waals surface area contributed by atoms with Gasteiger partial charge in [-0.2, -0.15) is 10.2 Å². The predicted molar refractivity (Wildman–Crippen MR) is 97.4 cm³/mol. The first-order valence-corrected chi connectivity index (χ1v) is 8.43. The van der Waals surface area contributed by atoms with Gasteiger partial charge < -0.3 is 5.11 Å². The lowest BCUT2D eigenvalue weighted by Gasteiger charge is -2.17. The number of aromatic nitrogens is 4. The van der Waals surface area contributed by atoms with Gasteiger partial charge in [0.2, 0.25) is 0 Å². The molecule has 0 bridgehead atoms. The normalized spacial score (nSPS) is 12.3. The van der Waals surface area contributed by atoms with Crippen molar-refractivity contribution < 1.29 is 9.90 Å². The van der Waals surface area contributed by atoms with E-state index >= 15 is 0 Å². The van der Waals surface area contributed by atoms with Gasteiger partial charge in [0, 0.05) is 30.1 Å². The Morgan fingerprint density at radius 1 is 1.28 bits per heavy atom. The summed E-state index contributed by atoms with van der Waals surface area (Å²) < 4.78 is 3.53. The number of ketones is 1. The Morgan fingerprint density at radius 3 is 2.56 bits per heavy atom. The number of rotatable bonds is 5. The lowest BCUT2D eigenvalue weighted by atomic mass is 10.0. The van der Waals surface area contributed by atoms with Crippen molar-refractivity contribution in [2.45, 2.75) is 39.8 Å². The predicted octanol–water partition coefficient (Wildman–Crippen LogP) is 3.05. The van der Waals surface area contributed by atoms with Crippen molar-refractivity contribution in [3.8, 4) is 11.3 Å². The van der Waals surface area contributed by atoms with Gasteiger partial charge in [-0.05, 0) is 32.0 Å². The number of aliphatic hydroxyl groups is 1. The van der Waals surface area contributed by atoms with Gasteiger partial charge in [-0.15, -0.1) is 0 Å². The van der Waals surface area contributed by atoms with Crippen molar-refractivity contribution in [1.82, 2.24) is 19.6 Å². The molecule has 2 heterocycles. The van der Waals surface area contributed by atoms with Crippen LogP contribution in [-0.4, -0.2) is 36.1 Å². The quantitative estimate of drug-likeness (QED) is 0.725. The molecule has 0 radical (unpaired) electrons. The summed E-state index contributed by atoms with van der Waals surface area (Å²) in [5.74, 6) is -0.127. The summed E-state index contributed by atoms with van der Waals surface area (Å²) in [6.45, 7) is 7.51. The van der Waals surface area contributed by atoms with Crippen molar-refractivity contribution in [1.29, 1.82) is 0 Å². The smallest absolute Gasteiger partial charge is 0.186 e. The molecule has 6 heteroatoms. The summed E-state index contributed by atoms with van der Waals surface area (Å²) in [6.07, 6.45) is 1.75. The summed E-state index contributed by atoms with van der Waals surface area (Å²) in [4.78, 5) is 12.6. The molecule has 25 heavy (non-hydrogen) atoms. The molecule has 1 N–H and O–H groups in total. The van der Waals surface area contributed by atoms with E-state index in [4.69, 9.17) is 0 Å². The first kappa shape index (κ1) is 17.4. The second-order valence-electron chi connectivity index (χ2n) is 7.41. The van der Waals surface area contributed by atoms with Gasteiger partial charge in [-0.25, -0.2) is 0 Å². The van der Waals surface area contributed by atoms with Crippen LogP contribution in [0.15, 0.2) is 30.5 Å². The lowest BCUT2D eigenvalue weighted by Crippen LogP contribution is -2.27. The molecule has 0 saturated heterocycles. The van der Waals surface area contributed by atoms with Crippen molar-refractivity contribution >= 4 is 16.7 Å². The molecule has 0 spiro atoms. The van der Waals surface area contributed by atoms with Gasteiger partial charge in [0.15, 0.2) is 5.78 Å². The van der Waals surface area contributed by atoms with E-state index in [1.807, 2.05) is 45.2 Å². The minimum Gasteiger partial charge on any atom is -0.389 e. The second kappa shape index (κ2) is 6.11. The Balaban J connectivity index is 2.21. The Labute approximate surface area is 147 Å². The standard InChI is InChI=1S/C19H24N4O2/c1-12(2)18(24)17-14-7-6-13(15-8-9-20-22(15)5)10-16(14)23(21-17)11-19(3,4)25/h6-10,12,25H,11H2,1-5H3. The summed E-state index contributed by atoms with van der Waals surface area (Å²) in [7, 11) is 1.89.